The largest absolute Gasteiger partial charge is 0.465 e. The van der Waals surface area contributed by atoms with E-state index >= 15 is 0 Å². The van der Waals surface area contributed by atoms with Crippen molar-refractivity contribution in [1.29, 1.82) is 0 Å². The van der Waals surface area contributed by atoms with Crippen LogP contribution in [0.2, 0.25) is 0 Å². The van der Waals surface area contributed by atoms with Crippen LogP contribution < -0.4 is 0 Å². The zero-order chi connectivity index (χ0) is 14.3. The minimum Gasteiger partial charge on any atom is -0.465 e. The summed E-state index contributed by atoms with van der Waals surface area (Å²) >= 11 is 0. The number of ether oxygens (including phenoxy) is 2. The van der Waals surface area contributed by atoms with Crippen molar-refractivity contribution in [3.63, 3.8) is 0 Å². The van der Waals surface area contributed by atoms with Gasteiger partial charge in [0, 0.05) is 7.11 Å². The van der Waals surface area contributed by atoms with Gasteiger partial charge in [-0.3, -0.25) is 9.59 Å². The zero-order valence-electron chi connectivity index (χ0n) is 12.4. The average molecular weight is 258 g/mol. The minimum atomic E-state index is -0.873. The zero-order valence-corrected chi connectivity index (χ0v) is 12.4. The molecule has 0 spiro atoms. The van der Waals surface area contributed by atoms with Crippen molar-refractivity contribution in [3.8, 4) is 0 Å². The van der Waals surface area contributed by atoms with Crippen LogP contribution in [-0.4, -0.2) is 31.1 Å². The number of ketones is 1. The highest BCUT2D eigenvalue weighted by Gasteiger charge is 2.44. The Morgan fingerprint density at radius 1 is 1.11 bits per heavy atom. The van der Waals surface area contributed by atoms with Gasteiger partial charge in [-0.2, -0.15) is 0 Å². The molecule has 4 heteroatoms. The quantitative estimate of drug-likeness (QED) is 0.496. The van der Waals surface area contributed by atoms with Crippen molar-refractivity contribution < 1.29 is 19.1 Å². The van der Waals surface area contributed by atoms with Crippen LogP contribution in [0.15, 0.2) is 0 Å². The van der Waals surface area contributed by atoms with E-state index in [4.69, 9.17) is 9.47 Å². The molecule has 18 heavy (non-hydrogen) atoms. The second-order valence-electron chi connectivity index (χ2n) is 4.74. The second-order valence-corrected chi connectivity index (χ2v) is 4.74. The molecule has 106 valence electrons. The third-order valence-corrected chi connectivity index (χ3v) is 3.47. The standard InChI is InChI=1S/C14H26O4/c1-7-14(8-2,17-6)12(15)11(10(4)5)13(16)18-9-3/h10-11H,7-9H2,1-6H3. The molecule has 0 saturated heterocycles. The predicted molar refractivity (Wildman–Crippen MR) is 70.3 cm³/mol. The molecule has 0 N–H and O–H groups in total. The summed E-state index contributed by atoms with van der Waals surface area (Å²) in [6.07, 6.45) is 1.11. The van der Waals surface area contributed by atoms with E-state index in [0.717, 1.165) is 0 Å². The van der Waals surface area contributed by atoms with Crippen LogP contribution in [0, 0.1) is 11.8 Å². The highest BCUT2D eigenvalue weighted by Crippen LogP contribution is 2.28. The van der Waals surface area contributed by atoms with Gasteiger partial charge in [-0.25, -0.2) is 0 Å². The molecule has 4 nitrogen and oxygen atoms in total. The number of rotatable bonds is 8. The van der Waals surface area contributed by atoms with Gasteiger partial charge in [0.05, 0.1) is 6.61 Å². The highest BCUT2D eigenvalue weighted by atomic mass is 16.5. The van der Waals surface area contributed by atoms with Crippen LogP contribution in [0.4, 0.5) is 0 Å². The van der Waals surface area contributed by atoms with Crippen molar-refractivity contribution in [3.05, 3.63) is 0 Å². The average Bonchev–Trinajstić information content (AvgIpc) is 2.32. The molecule has 0 bridgehead atoms. The van der Waals surface area contributed by atoms with Crippen molar-refractivity contribution in [1.82, 2.24) is 0 Å². The molecular weight excluding hydrogens is 232 g/mol. The lowest BCUT2D eigenvalue weighted by Crippen LogP contribution is -2.47. The first kappa shape index (κ1) is 17.1. The van der Waals surface area contributed by atoms with E-state index in [1.165, 1.54) is 7.11 Å². The van der Waals surface area contributed by atoms with Crippen LogP contribution >= 0.6 is 0 Å². The number of carbonyl (C=O) groups excluding carboxylic acids is 2. The fraction of sp³-hybridized carbons (Fsp3) is 0.857. The summed E-state index contributed by atoms with van der Waals surface area (Å²) < 4.78 is 10.4. The highest BCUT2D eigenvalue weighted by molar-refractivity contribution is 6.03. The maximum atomic E-state index is 12.6. The summed E-state index contributed by atoms with van der Waals surface area (Å²) in [4.78, 5) is 24.5. The number of methoxy groups -OCH3 is 1. The number of hydrogen-bond donors (Lipinski definition) is 0. The van der Waals surface area contributed by atoms with E-state index in [1.807, 2.05) is 27.7 Å². The Kier molecular flexibility index (Phi) is 7.14. The summed E-state index contributed by atoms with van der Waals surface area (Å²) in [5.41, 5.74) is -0.873. The lowest BCUT2D eigenvalue weighted by Gasteiger charge is -2.32. The summed E-state index contributed by atoms with van der Waals surface area (Å²) in [6, 6.07) is 0. The monoisotopic (exact) mass is 258 g/mol. The molecule has 0 saturated carbocycles. The number of carbonyl (C=O) groups is 2. The SMILES string of the molecule is CCOC(=O)C(C(=O)C(CC)(CC)OC)C(C)C. The third kappa shape index (κ3) is 3.55. The Bertz CT molecular complexity index is 271. The molecule has 0 aliphatic rings. The molecule has 0 aromatic rings. The van der Waals surface area contributed by atoms with Gasteiger partial charge in [-0.15, -0.1) is 0 Å². The van der Waals surface area contributed by atoms with E-state index in [2.05, 4.69) is 0 Å². The van der Waals surface area contributed by atoms with Crippen molar-refractivity contribution in [2.75, 3.05) is 13.7 Å². The van der Waals surface area contributed by atoms with Crippen molar-refractivity contribution >= 4 is 11.8 Å². The molecule has 0 rings (SSSR count). The van der Waals surface area contributed by atoms with Crippen molar-refractivity contribution in [2.24, 2.45) is 11.8 Å². The lowest BCUT2D eigenvalue weighted by molar-refractivity contribution is -0.162. The number of esters is 1. The van der Waals surface area contributed by atoms with Crippen molar-refractivity contribution in [2.45, 2.75) is 53.1 Å². The molecule has 0 aromatic carbocycles. The van der Waals surface area contributed by atoms with E-state index < -0.39 is 17.5 Å². The van der Waals surface area contributed by atoms with Gasteiger partial charge >= 0.3 is 5.97 Å². The van der Waals surface area contributed by atoms with Gasteiger partial charge in [0.25, 0.3) is 0 Å². The van der Waals surface area contributed by atoms with Crippen LogP contribution in [0.3, 0.4) is 0 Å². The Balaban J connectivity index is 5.24. The van der Waals surface area contributed by atoms with Gasteiger partial charge in [-0.1, -0.05) is 27.7 Å². The topological polar surface area (TPSA) is 52.6 Å². The van der Waals surface area contributed by atoms with E-state index in [0.29, 0.717) is 12.8 Å². The fourth-order valence-corrected chi connectivity index (χ4v) is 2.19. The number of hydrogen-bond acceptors (Lipinski definition) is 4. The molecule has 1 atom stereocenters. The van der Waals surface area contributed by atoms with Gasteiger partial charge in [0.1, 0.15) is 11.5 Å². The van der Waals surface area contributed by atoms with Gasteiger partial charge in [0.2, 0.25) is 0 Å². The summed E-state index contributed by atoms with van der Waals surface area (Å²) in [6.45, 7) is 9.52. The summed E-state index contributed by atoms with van der Waals surface area (Å²) in [7, 11) is 1.52. The predicted octanol–water partition coefficient (Wildman–Crippen LogP) is 2.60. The molecule has 0 fully saturated rings. The molecule has 0 aromatic heterocycles. The van der Waals surface area contributed by atoms with E-state index in [1.54, 1.807) is 6.92 Å². The molecule has 0 aliphatic heterocycles. The third-order valence-electron chi connectivity index (χ3n) is 3.47. The Morgan fingerprint density at radius 3 is 1.89 bits per heavy atom. The number of Topliss-reactive ketones (excluding diaryl/α,β-unsaturated/α-hetero) is 1. The van der Waals surface area contributed by atoms with Gasteiger partial charge < -0.3 is 9.47 Å². The molecule has 0 aliphatic carbocycles. The molecule has 0 heterocycles. The Hall–Kier alpha value is -0.900. The smallest absolute Gasteiger partial charge is 0.316 e. The first-order valence-corrected chi connectivity index (χ1v) is 6.66. The molecule has 0 radical (unpaired) electrons. The van der Waals surface area contributed by atoms with E-state index in [-0.39, 0.29) is 18.3 Å². The molecule has 1 unspecified atom stereocenters. The van der Waals surface area contributed by atoms with Gasteiger partial charge in [-0.05, 0) is 25.7 Å². The maximum absolute atomic E-state index is 12.6. The summed E-state index contributed by atoms with van der Waals surface area (Å²) in [5, 5.41) is 0. The van der Waals surface area contributed by atoms with Crippen LogP contribution in [0.5, 0.6) is 0 Å². The van der Waals surface area contributed by atoms with Crippen LogP contribution in [0.25, 0.3) is 0 Å². The molecule has 0 amide bonds. The first-order chi connectivity index (χ1) is 8.40. The summed E-state index contributed by atoms with van der Waals surface area (Å²) in [5.74, 6) is -1.45. The fourth-order valence-electron chi connectivity index (χ4n) is 2.19. The van der Waals surface area contributed by atoms with Crippen LogP contribution in [-0.2, 0) is 19.1 Å². The Morgan fingerprint density at radius 2 is 1.61 bits per heavy atom. The van der Waals surface area contributed by atoms with E-state index in [9.17, 15) is 9.59 Å². The lowest BCUT2D eigenvalue weighted by atomic mass is 9.79. The maximum Gasteiger partial charge on any atom is 0.316 e. The van der Waals surface area contributed by atoms with Crippen LogP contribution in [0.1, 0.15) is 47.5 Å². The van der Waals surface area contributed by atoms with Gasteiger partial charge in [0.15, 0.2) is 5.78 Å². The normalized spacial score (nSPS) is 13.5. The minimum absolute atomic E-state index is 0.0934. The first-order valence-electron chi connectivity index (χ1n) is 6.66. The Labute approximate surface area is 110 Å². The molecular formula is C14H26O4. The second kappa shape index (κ2) is 7.52.